The topological polar surface area (TPSA) is 58.2 Å². The number of hydrogen-bond acceptors (Lipinski definition) is 2. The van der Waals surface area contributed by atoms with Crippen LogP contribution in [-0.2, 0) is 9.59 Å². The van der Waals surface area contributed by atoms with Gasteiger partial charge in [-0.15, -0.1) is 0 Å². The van der Waals surface area contributed by atoms with Crippen LogP contribution in [0.5, 0.6) is 0 Å². The molecular formula is C10H18N2O2. The van der Waals surface area contributed by atoms with Crippen LogP contribution in [0.3, 0.4) is 0 Å². The molecule has 0 unspecified atom stereocenters. The fourth-order valence-corrected chi connectivity index (χ4v) is 1.88. The Balaban J connectivity index is 2.42. The average Bonchev–Trinajstić information content (AvgIpc) is 2.20. The van der Waals surface area contributed by atoms with E-state index in [1.807, 2.05) is 0 Å². The second kappa shape index (κ2) is 4.98. The molecule has 4 nitrogen and oxygen atoms in total. The van der Waals surface area contributed by atoms with Crippen molar-refractivity contribution in [2.45, 2.75) is 38.6 Å². The summed E-state index contributed by atoms with van der Waals surface area (Å²) >= 11 is 0. The molecule has 1 fully saturated rings. The monoisotopic (exact) mass is 198 g/mol. The molecule has 0 aromatic rings. The van der Waals surface area contributed by atoms with Crippen molar-refractivity contribution >= 4 is 11.8 Å². The highest BCUT2D eigenvalue weighted by atomic mass is 16.2. The van der Waals surface area contributed by atoms with Gasteiger partial charge in [-0.05, 0) is 18.8 Å². The van der Waals surface area contributed by atoms with E-state index in [4.69, 9.17) is 0 Å². The number of rotatable bonds is 1. The lowest BCUT2D eigenvalue weighted by Crippen LogP contribution is -2.47. The van der Waals surface area contributed by atoms with Gasteiger partial charge in [-0.25, -0.2) is 0 Å². The van der Waals surface area contributed by atoms with E-state index in [2.05, 4.69) is 17.6 Å². The minimum atomic E-state index is -0.553. The summed E-state index contributed by atoms with van der Waals surface area (Å²) in [6.45, 7) is 2.12. The molecule has 0 saturated heterocycles. The molecule has 0 radical (unpaired) electrons. The summed E-state index contributed by atoms with van der Waals surface area (Å²) in [5.41, 5.74) is 0. The fourth-order valence-electron chi connectivity index (χ4n) is 1.88. The molecule has 0 aromatic heterocycles. The Kier molecular flexibility index (Phi) is 3.92. The van der Waals surface area contributed by atoms with Crippen LogP contribution in [0.4, 0.5) is 0 Å². The maximum absolute atomic E-state index is 11.3. The van der Waals surface area contributed by atoms with E-state index >= 15 is 0 Å². The van der Waals surface area contributed by atoms with Crippen molar-refractivity contribution < 1.29 is 9.59 Å². The Hall–Kier alpha value is -1.06. The highest BCUT2D eigenvalue weighted by Gasteiger charge is 2.24. The summed E-state index contributed by atoms with van der Waals surface area (Å²) in [6, 6.07) is 0.175. The Morgan fingerprint density at radius 1 is 1.14 bits per heavy atom. The predicted octanol–water partition coefficient (Wildman–Crippen LogP) is 0.427. The van der Waals surface area contributed by atoms with Crippen LogP contribution < -0.4 is 10.6 Å². The van der Waals surface area contributed by atoms with Crippen LogP contribution in [0.1, 0.15) is 32.6 Å². The van der Waals surface area contributed by atoms with Gasteiger partial charge < -0.3 is 10.6 Å². The van der Waals surface area contributed by atoms with Crippen molar-refractivity contribution in [3.8, 4) is 0 Å². The minimum absolute atomic E-state index is 0.175. The SMILES string of the molecule is CNC(=O)C(=O)N[C@H]1CCCC[C@@H]1C. The van der Waals surface area contributed by atoms with E-state index in [-0.39, 0.29) is 6.04 Å². The van der Waals surface area contributed by atoms with Crippen molar-refractivity contribution in [1.29, 1.82) is 0 Å². The van der Waals surface area contributed by atoms with Crippen molar-refractivity contribution in [3.05, 3.63) is 0 Å². The molecule has 2 N–H and O–H groups in total. The van der Waals surface area contributed by atoms with Crippen LogP contribution in [0.15, 0.2) is 0 Å². The molecular weight excluding hydrogens is 180 g/mol. The van der Waals surface area contributed by atoms with Gasteiger partial charge in [0.1, 0.15) is 0 Å². The zero-order valence-electron chi connectivity index (χ0n) is 8.80. The Bertz CT molecular complexity index is 228. The van der Waals surface area contributed by atoms with E-state index in [1.54, 1.807) is 0 Å². The standard InChI is InChI=1S/C10H18N2O2/c1-7-5-3-4-6-8(7)12-10(14)9(13)11-2/h7-8H,3-6H2,1-2H3,(H,11,13)(H,12,14)/t7-,8-/m0/s1. The molecule has 1 aliphatic rings. The molecule has 1 aliphatic carbocycles. The number of nitrogens with one attached hydrogen (secondary N) is 2. The molecule has 80 valence electrons. The fraction of sp³-hybridized carbons (Fsp3) is 0.800. The van der Waals surface area contributed by atoms with Crippen molar-refractivity contribution in [2.75, 3.05) is 7.05 Å². The second-order valence-electron chi connectivity index (χ2n) is 3.92. The van der Waals surface area contributed by atoms with Gasteiger partial charge >= 0.3 is 11.8 Å². The Morgan fingerprint density at radius 2 is 1.79 bits per heavy atom. The van der Waals surface area contributed by atoms with Gasteiger partial charge in [0, 0.05) is 13.1 Å². The molecule has 1 rings (SSSR count). The van der Waals surface area contributed by atoms with Gasteiger partial charge in [0.25, 0.3) is 0 Å². The lowest BCUT2D eigenvalue weighted by atomic mass is 9.86. The molecule has 1 saturated carbocycles. The summed E-state index contributed by atoms with van der Waals surface area (Å²) in [6.07, 6.45) is 4.50. The number of hydrogen-bond donors (Lipinski definition) is 2. The average molecular weight is 198 g/mol. The molecule has 0 aliphatic heterocycles. The molecule has 0 aromatic carbocycles. The van der Waals surface area contributed by atoms with Gasteiger partial charge in [0.05, 0.1) is 0 Å². The van der Waals surface area contributed by atoms with Crippen LogP contribution in [0, 0.1) is 5.92 Å². The van der Waals surface area contributed by atoms with E-state index in [1.165, 1.54) is 13.5 Å². The maximum Gasteiger partial charge on any atom is 0.309 e. The van der Waals surface area contributed by atoms with Gasteiger partial charge in [-0.1, -0.05) is 19.8 Å². The largest absolute Gasteiger partial charge is 0.351 e. The van der Waals surface area contributed by atoms with Crippen LogP contribution in [0.25, 0.3) is 0 Å². The quantitative estimate of drug-likeness (QED) is 0.600. The summed E-state index contributed by atoms with van der Waals surface area (Å²) in [5, 5.41) is 5.09. The number of amides is 2. The molecule has 4 heteroatoms. The first-order valence-electron chi connectivity index (χ1n) is 5.17. The van der Waals surface area contributed by atoms with E-state index in [9.17, 15) is 9.59 Å². The molecule has 0 bridgehead atoms. The second-order valence-corrected chi connectivity index (χ2v) is 3.92. The Labute approximate surface area is 84.4 Å². The van der Waals surface area contributed by atoms with E-state index in [0.717, 1.165) is 19.3 Å². The van der Waals surface area contributed by atoms with Gasteiger partial charge in [0.15, 0.2) is 0 Å². The molecule has 0 spiro atoms. The summed E-state index contributed by atoms with van der Waals surface area (Å²) < 4.78 is 0. The first-order valence-corrected chi connectivity index (χ1v) is 5.17. The Morgan fingerprint density at radius 3 is 2.36 bits per heavy atom. The summed E-state index contributed by atoms with van der Waals surface area (Å²) in [7, 11) is 1.46. The van der Waals surface area contributed by atoms with Gasteiger partial charge in [-0.2, -0.15) is 0 Å². The highest BCUT2D eigenvalue weighted by Crippen LogP contribution is 2.23. The van der Waals surface area contributed by atoms with Gasteiger partial charge in [-0.3, -0.25) is 9.59 Å². The lowest BCUT2D eigenvalue weighted by molar-refractivity contribution is -0.139. The molecule has 2 atom stereocenters. The zero-order chi connectivity index (χ0) is 10.6. The third-order valence-electron chi connectivity index (χ3n) is 2.86. The third kappa shape index (κ3) is 2.72. The summed E-state index contributed by atoms with van der Waals surface area (Å²) in [4.78, 5) is 22.2. The minimum Gasteiger partial charge on any atom is -0.351 e. The normalized spacial score (nSPS) is 26.7. The number of carbonyl (C=O) groups is 2. The van der Waals surface area contributed by atoms with Crippen molar-refractivity contribution in [2.24, 2.45) is 5.92 Å². The third-order valence-corrected chi connectivity index (χ3v) is 2.86. The van der Waals surface area contributed by atoms with E-state index in [0.29, 0.717) is 5.92 Å². The maximum atomic E-state index is 11.3. The van der Waals surface area contributed by atoms with Crippen LogP contribution in [0.2, 0.25) is 0 Å². The number of likely N-dealkylation sites (N-methyl/N-ethyl adjacent to an activating group) is 1. The van der Waals surface area contributed by atoms with Crippen LogP contribution in [-0.4, -0.2) is 24.9 Å². The predicted molar refractivity (Wildman–Crippen MR) is 53.6 cm³/mol. The van der Waals surface area contributed by atoms with Crippen molar-refractivity contribution in [1.82, 2.24) is 10.6 Å². The lowest BCUT2D eigenvalue weighted by Gasteiger charge is -2.29. The summed E-state index contributed by atoms with van der Waals surface area (Å²) in [5.74, 6) is -0.577. The zero-order valence-corrected chi connectivity index (χ0v) is 8.80. The molecule has 14 heavy (non-hydrogen) atoms. The van der Waals surface area contributed by atoms with Crippen LogP contribution >= 0.6 is 0 Å². The van der Waals surface area contributed by atoms with Crippen molar-refractivity contribution in [3.63, 3.8) is 0 Å². The smallest absolute Gasteiger partial charge is 0.309 e. The number of carbonyl (C=O) groups excluding carboxylic acids is 2. The molecule has 2 amide bonds. The van der Waals surface area contributed by atoms with E-state index < -0.39 is 11.8 Å². The molecule has 0 heterocycles. The first-order chi connectivity index (χ1) is 6.65. The highest BCUT2D eigenvalue weighted by molar-refractivity contribution is 6.35. The first kappa shape index (κ1) is 11.0. The van der Waals surface area contributed by atoms with Gasteiger partial charge in [0.2, 0.25) is 0 Å².